The molecule has 2 atom stereocenters. The number of carbonyl (C=O) groups is 2. The number of amides is 1. The highest BCUT2D eigenvalue weighted by molar-refractivity contribution is 6.09. The SMILES string of the molecule is COC(=O)C1OC1c1ccc(N2Cc3ccccc3C2=O)cc1. The first-order valence-electron chi connectivity index (χ1n) is 7.42. The number of ether oxygens (including phenoxy) is 2. The molecule has 1 saturated heterocycles. The minimum Gasteiger partial charge on any atom is -0.467 e. The first-order chi connectivity index (χ1) is 11.2. The molecule has 5 nitrogen and oxygen atoms in total. The molecule has 23 heavy (non-hydrogen) atoms. The molecule has 2 aliphatic rings. The van der Waals surface area contributed by atoms with Crippen molar-refractivity contribution < 1.29 is 19.1 Å². The highest BCUT2D eigenvalue weighted by atomic mass is 16.6. The summed E-state index contributed by atoms with van der Waals surface area (Å²) in [5.41, 5.74) is 3.55. The van der Waals surface area contributed by atoms with Crippen LogP contribution >= 0.6 is 0 Å². The second-order valence-corrected chi connectivity index (χ2v) is 5.64. The van der Waals surface area contributed by atoms with E-state index in [2.05, 4.69) is 4.74 Å². The van der Waals surface area contributed by atoms with Gasteiger partial charge in [-0.15, -0.1) is 0 Å². The first kappa shape index (κ1) is 14.0. The lowest BCUT2D eigenvalue weighted by molar-refractivity contribution is -0.142. The summed E-state index contributed by atoms with van der Waals surface area (Å²) in [6, 6.07) is 15.2. The molecule has 4 rings (SSSR count). The van der Waals surface area contributed by atoms with Gasteiger partial charge in [-0.3, -0.25) is 4.79 Å². The van der Waals surface area contributed by atoms with Crippen molar-refractivity contribution in [1.29, 1.82) is 0 Å². The third-order valence-corrected chi connectivity index (χ3v) is 4.28. The zero-order valence-electron chi connectivity index (χ0n) is 12.6. The van der Waals surface area contributed by atoms with E-state index in [4.69, 9.17) is 4.74 Å². The standard InChI is InChI=1S/C18H15NO4/c1-22-18(21)16-15(23-16)11-6-8-13(9-7-11)19-10-12-4-2-3-5-14(12)17(19)20/h2-9,15-16H,10H2,1H3. The van der Waals surface area contributed by atoms with Crippen LogP contribution in [0, 0.1) is 0 Å². The summed E-state index contributed by atoms with van der Waals surface area (Å²) in [7, 11) is 1.35. The van der Waals surface area contributed by atoms with Crippen molar-refractivity contribution in [1.82, 2.24) is 0 Å². The van der Waals surface area contributed by atoms with Gasteiger partial charge in [-0.1, -0.05) is 30.3 Å². The lowest BCUT2D eigenvalue weighted by atomic mass is 10.1. The van der Waals surface area contributed by atoms with Crippen LogP contribution in [0.25, 0.3) is 0 Å². The van der Waals surface area contributed by atoms with E-state index < -0.39 is 6.10 Å². The zero-order valence-corrected chi connectivity index (χ0v) is 12.6. The minimum atomic E-state index is -0.511. The van der Waals surface area contributed by atoms with E-state index in [1.54, 1.807) is 4.90 Å². The second-order valence-electron chi connectivity index (χ2n) is 5.64. The van der Waals surface area contributed by atoms with Gasteiger partial charge < -0.3 is 14.4 Å². The molecule has 2 aliphatic heterocycles. The molecule has 2 aromatic carbocycles. The Kier molecular flexibility index (Phi) is 3.16. The van der Waals surface area contributed by atoms with Gasteiger partial charge in [-0.2, -0.15) is 0 Å². The Morgan fingerprint density at radius 1 is 1.17 bits per heavy atom. The summed E-state index contributed by atoms with van der Waals surface area (Å²) in [6.07, 6.45) is -0.758. The number of methoxy groups -OCH3 is 1. The summed E-state index contributed by atoms with van der Waals surface area (Å²) in [5.74, 6) is -0.340. The van der Waals surface area contributed by atoms with Crippen molar-refractivity contribution in [2.45, 2.75) is 18.8 Å². The lowest BCUT2D eigenvalue weighted by Crippen LogP contribution is -2.22. The molecule has 0 saturated carbocycles. The first-order valence-corrected chi connectivity index (χ1v) is 7.42. The summed E-state index contributed by atoms with van der Waals surface area (Å²) >= 11 is 0. The number of nitrogens with zero attached hydrogens (tertiary/aromatic N) is 1. The molecule has 0 aromatic heterocycles. The van der Waals surface area contributed by atoms with E-state index in [-0.39, 0.29) is 18.0 Å². The van der Waals surface area contributed by atoms with Crippen LogP contribution in [0.2, 0.25) is 0 Å². The molecule has 2 heterocycles. The molecule has 0 radical (unpaired) electrons. The number of rotatable bonds is 3. The van der Waals surface area contributed by atoms with Crippen molar-refractivity contribution in [3.8, 4) is 0 Å². The Bertz CT molecular complexity index is 784. The van der Waals surface area contributed by atoms with Crippen molar-refractivity contribution in [3.05, 3.63) is 65.2 Å². The fraction of sp³-hybridized carbons (Fsp3) is 0.222. The van der Waals surface area contributed by atoms with Crippen LogP contribution in [0.15, 0.2) is 48.5 Å². The van der Waals surface area contributed by atoms with E-state index in [9.17, 15) is 9.59 Å². The number of epoxide rings is 1. The normalized spacial score (nSPS) is 22.0. The summed E-state index contributed by atoms with van der Waals surface area (Å²) in [5, 5.41) is 0. The van der Waals surface area contributed by atoms with E-state index >= 15 is 0 Å². The number of benzene rings is 2. The maximum absolute atomic E-state index is 12.4. The Morgan fingerprint density at radius 2 is 1.91 bits per heavy atom. The highest BCUT2D eigenvalue weighted by Gasteiger charge is 2.47. The number of carbonyl (C=O) groups excluding carboxylic acids is 2. The van der Waals surface area contributed by atoms with E-state index in [1.807, 2.05) is 48.5 Å². The average Bonchev–Trinajstić information content (AvgIpc) is 3.33. The minimum absolute atomic E-state index is 0.0171. The Balaban J connectivity index is 1.52. The van der Waals surface area contributed by atoms with Crippen molar-refractivity contribution in [2.75, 3.05) is 12.0 Å². The quantitative estimate of drug-likeness (QED) is 0.645. The number of hydrogen-bond acceptors (Lipinski definition) is 4. The Hall–Kier alpha value is -2.66. The number of anilines is 1. The zero-order chi connectivity index (χ0) is 16.0. The molecule has 0 spiro atoms. The van der Waals surface area contributed by atoms with Crippen LogP contribution in [-0.2, 0) is 20.8 Å². The summed E-state index contributed by atoms with van der Waals surface area (Å²) in [6.45, 7) is 0.582. The van der Waals surface area contributed by atoms with E-state index in [0.29, 0.717) is 6.54 Å². The molecule has 116 valence electrons. The molecular formula is C18H15NO4. The topological polar surface area (TPSA) is 59.1 Å². The Labute approximate surface area is 133 Å². The fourth-order valence-corrected chi connectivity index (χ4v) is 2.97. The predicted octanol–water partition coefficient (Wildman–Crippen LogP) is 2.46. The van der Waals surface area contributed by atoms with Crippen LogP contribution < -0.4 is 4.90 Å². The largest absolute Gasteiger partial charge is 0.467 e. The Morgan fingerprint density at radius 3 is 2.61 bits per heavy atom. The van der Waals surface area contributed by atoms with Gasteiger partial charge in [0.15, 0.2) is 6.10 Å². The monoisotopic (exact) mass is 309 g/mol. The molecule has 1 fully saturated rings. The van der Waals surface area contributed by atoms with Gasteiger partial charge in [0.25, 0.3) is 5.91 Å². The van der Waals surface area contributed by atoms with E-state index in [1.165, 1.54) is 7.11 Å². The molecule has 1 amide bonds. The molecule has 5 heteroatoms. The summed E-state index contributed by atoms with van der Waals surface area (Å²) in [4.78, 5) is 25.6. The van der Waals surface area contributed by atoms with Crippen LogP contribution in [0.1, 0.15) is 27.6 Å². The molecule has 2 aromatic rings. The molecule has 0 N–H and O–H groups in total. The van der Waals surface area contributed by atoms with Gasteiger partial charge in [0.2, 0.25) is 0 Å². The van der Waals surface area contributed by atoms with Crippen LogP contribution in [0.5, 0.6) is 0 Å². The van der Waals surface area contributed by atoms with Gasteiger partial charge in [-0.25, -0.2) is 4.79 Å². The van der Waals surface area contributed by atoms with Crippen LogP contribution in [0.3, 0.4) is 0 Å². The number of fused-ring (bicyclic) bond motifs is 1. The van der Waals surface area contributed by atoms with Gasteiger partial charge in [0, 0.05) is 11.3 Å². The molecular weight excluding hydrogens is 294 g/mol. The smallest absolute Gasteiger partial charge is 0.338 e. The van der Waals surface area contributed by atoms with Crippen LogP contribution in [0.4, 0.5) is 5.69 Å². The maximum atomic E-state index is 12.4. The third kappa shape index (κ3) is 2.29. The van der Waals surface area contributed by atoms with Crippen molar-refractivity contribution in [3.63, 3.8) is 0 Å². The molecule has 0 bridgehead atoms. The average molecular weight is 309 g/mol. The maximum Gasteiger partial charge on any atom is 0.338 e. The van der Waals surface area contributed by atoms with Gasteiger partial charge in [-0.05, 0) is 29.3 Å². The fourth-order valence-electron chi connectivity index (χ4n) is 2.97. The lowest BCUT2D eigenvalue weighted by Gasteiger charge is -2.16. The number of hydrogen-bond donors (Lipinski definition) is 0. The van der Waals surface area contributed by atoms with Gasteiger partial charge in [0.05, 0.1) is 13.7 Å². The van der Waals surface area contributed by atoms with Gasteiger partial charge >= 0.3 is 5.97 Å². The second kappa shape index (κ2) is 5.21. The van der Waals surface area contributed by atoms with E-state index in [0.717, 1.165) is 22.4 Å². The predicted molar refractivity (Wildman–Crippen MR) is 83.0 cm³/mol. The summed E-state index contributed by atoms with van der Waals surface area (Å²) < 4.78 is 10.0. The van der Waals surface area contributed by atoms with Crippen molar-refractivity contribution in [2.24, 2.45) is 0 Å². The number of esters is 1. The molecule has 0 aliphatic carbocycles. The van der Waals surface area contributed by atoms with Crippen LogP contribution in [-0.4, -0.2) is 25.1 Å². The molecule has 2 unspecified atom stereocenters. The third-order valence-electron chi connectivity index (χ3n) is 4.28. The van der Waals surface area contributed by atoms with Crippen molar-refractivity contribution >= 4 is 17.6 Å². The highest BCUT2D eigenvalue weighted by Crippen LogP contribution is 2.40. The van der Waals surface area contributed by atoms with Gasteiger partial charge in [0.1, 0.15) is 6.10 Å².